The maximum Gasteiger partial charge on any atom is 0.191 e. The number of thioether (sulfide) groups is 1. The maximum atomic E-state index is 5.82. The van der Waals surface area contributed by atoms with Gasteiger partial charge in [-0.15, -0.1) is 0 Å². The summed E-state index contributed by atoms with van der Waals surface area (Å²) in [5.41, 5.74) is 8.29. The third-order valence-electron chi connectivity index (χ3n) is 3.17. The summed E-state index contributed by atoms with van der Waals surface area (Å²) < 4.78 is 2.05. The summed E-state index contributed by atoms with van der Waals surface area (Å²) in [6.45, 7) is 0. The standard InChI is InChI=1S/C12H15N5S/c1-18-12-15-10(13)6-11(16-12)17-7-14-8-4-2-3-5-9(8)17/h6-7H,2-5H2,1H3,(H2,13,15,16). The zero-order valence-corrected chi connectivity index (χ0v) is 11.1. The molecular weight excluding hydrogens is 246 g/mol. The number of nitrogens with two attached hydrogens (primary N) is 1. The SMILES string of the molecule is CSc1nc(N)cc(-n2cnc3c2CCCC3)n1. The molecule has 0 unspecified atom stereocenters. The van der Waals surface area contributed by atoms with E-state index in [4.69, 9.17) is 5.73 Å². The van der Waals surface area contributed by atoms with E-state index in [0.29, 0.717) is 11.0 Å². The zero-order valence-electron chi connectivity index (χ0n) is 10.3. The van der Waals surface area contributed by atoms with Gasteiger partial charge in [0.25, 0.3) is 0 Å². The molecule has 6 heteroatoms. The first-order valence-electron chi connectivity index (χ1n) is 6.02. The van der Waals surface area contributed by atoms with Crippen molar-refractivity contribution in [2.24, 2.45) is 0 Å². The van der Waals surface area contributed by atoms with Crippen LogP contribution >= 0.6 is 11.8 Å². The smallest absolute Gasteiger partial charge is 0.191 e. The second kappa shape index (κ2) is 4.61. The van der Waals surface area contributed by atoms with Crippen LogP contribution in [-0.4, -0.2) is 25.8 Å². The van der Waals surface area contributed by atoms with Crippen molar-refractivity contribution in [3.8, 4) is 5.82 Å². The average Bonchev–Trinajstić information content (AvgIpc) is 2.81. The number of hydrogen-bond acceptors (Lipinski definition) is 5. The molecule has 5 nitrogen and oxygen atoms in total. The molecule has 1 aliphatic carbocycles. The topological polar surface area (TPSA) is 69.6 Å². The lowest BCUT2D eigenvalue weighted by molar-refractivity contribution is 0.653. The Hall–Kier alpha value is -1.56. The Morgan fingerprint density at radius 1 is 1.28 bits per heavy atom. The van der Waals surface area contributed by atoms with Gasteiger partial charge in [-0.05, 0) is 31.9 Å². The molecule has 3 rings (SSSR count). The lowest BCUT2D eigenvalue weighted by Gasteiger charge is -2.13. The van der Waals surface area contributed by atoms with E-state index in [-0.39, 0.29) is 0 Å². The van der Waals surface area contributed by atoms with Crippen molar-refractivity contribution in [1.29, 1.82) is 0 Å². The fourth-order valence-electron chi connectivity index (χ4n) is 2.31. The predicted molar refractivity (Wildman–Crippen MR) is 72.0 cm³/mol. The number of rotatable bonds is 2. The Kier molecular flexibility index (Phi) is 2.95. The largest absolute Gasteiger partial charge is 0.383 e. The molecule has 0 amide bonds. The summed E-state index contributed by atoms with van der Waals surface area (Å²) in [4.78, 5) is 13.1. The first kappa shape index (κ1) is 11.5. The normalized spacial score (nSPS) is 14.5. The number of nitrogen functional groups attached to an aromatic ring is 1. The quantitative estimate of drug-likeness (QED) is 0.660. The van der Waals surface area contributed by atoms with E-state index >= 15 is 0 Å². The highest BCUT2D eigenvalue weighted by atomic mass is 32.2. The molecule has 94 valence electrons. The average molecular weight is 261 g/mol. The Balaban J connectivity index is 2.09. The molecule has 18 heavy (non-hydrogen) atoms. The van der Waals surface area contributed by atoms with Gasteiger partial charge >= 0.3 is 0 Å². The van der Waals surface area contributed by atoms with Crippen LogP contribution in [0, 0.1) is 0 Å². The van der Waals surface area contributed by atoms with Gasteiger partial charge in [-0.3, -0.25) is 4.57 Å². The highest BCUT2D eigenvalue weighted by Gasteiger charge is 2.17. The highest BCUT2D eigenvalue weighted by Crippen LogP contribution is 2.23. The number of aryl methyl sites for hydroxylation is 1. The first-order valence-corrected chi connectivity index (χ1v) is 7.24. The van der Waals surface area contributed by atoms with Crippen molar-refractivity contribution < 1.29 is 0 Å². The monoisotopic (exact) mass is 261 g/mol. The molecule has 0 spiro atoms. The molecule has 0 aliphatic heterocycles. The van der Waals surface area contributed by atoms with Gasteiger partial charge < -0.3 is 5.73 Å². The molecule has 0 saturated carbocycles. The van der Waals surface area contributed by atoms with Gasteiger partial charge in [0.1, 0.15) is 18.0 Å². The third-order valence-corrected chi connectivity index (χ3v) is 3.72. The molecule has 2 aromatic heterocycles. The van der Waals surface area contributed by atoms with E-state index in [1.807, 2.05) is 17.2 Å². The van der Waals surface area contributed by atoms with Gasteiger partial charge in [0.05, 0.1) is 5.69 Å². The van der Waals surface area contributed by atoms with Crippen LogP contribution in [0.1, 0.15) is 24.2 Å². The molecule has 2 heterocycles. The Bertz CT molecular complexity index is 578. The van der Waals surface area contributed by atoms with Crippen LogP contribution in [0.2, 0.25) is 0 Å². The van der Waals surface area contributed by atoms with Gasteiger partial charge in [-0.1, -0.05) is 11.8 Å². The maximum absolute atomic E-state index is 5.82. The van der Waals surface area contributed by atoms with E-state index in [9.17, 15) is 0 Å². The van der Waals surface area contributed by atoms with Crippen molar-refractivity contribution in [3.63, 3.8) is 0 Å². The van der Waals surface area contributed by atoms with Crippen molar-refractivity contribution in [1.82, 2.24) is 19.5 Å². The summed E-state index contributed by atoms with van der Waals surface area (Å²) in [7, 11) is 0. The summed E-state index contributed by atoms with van der Waals surface area (Å²) >= 11 is 1.50. The van der Waals surface area contributed by atoms with Gasteiger partial charge in [-0.2, -0.15) is 0 Å². The minimum atomic E-state index is 0.502. The minimum Gasteiger partial charge on any atom is -0.383 e. The van der Waals surface area contributed by atoms with Crippen molar-refractivity contribution in [3.05, 3.63) is 23.8 Å². The van der Waals surface area contributed by atoms with E-state index in [2.05, 4.69) is 15.0 Å². The van der Waals surface area contributed by atoms with Gasteiger partial charge in [0.15, 0.2) is 5.16 Å². The third kappa shape index (κ3) is 1.96. The zero-order chi connectivity index (χ0) is 12.5. The van der Waals surface area contributed by atoms with Gasteiger partial charge in [0.2, 0.25) is 0 Å². The molecule has 0 bridgehead atoms. The lowest BCUT2D eigenvalue weighted by atomic mass is 10.0. The summed E-state index contributed by atoms with van der Waals surface area (Å²) in [5.74, 6) is 1.32. The van der Waals surface area contributed by atoms with Crippen LogP contribution in [0.4, 0.5) is 5.82 Å². The lowest BCUT2D eigenvalue weighted by Crippen LogP contribution is -2.09. The summed E-state index contributed by atoms with van der Waals surface area (Å²) in [6.07, 6.45) is 8.37. The van der Waals surface area contributed by atoms with Crippen LogP contribution in [0.5, 0.6) is 0 Å². The molecular formula is C12H15N5S. The molecule has 0 fully saturated rings. The Labute approximate surface area is 110 Å². The van der Waals surface area contributed by atoms with Crippen LogP contribution in [-0.2, 0) is 12.8 Å². The molecule has 0 saturated heterocycles. The number of anilines is 1. The molecule has 0 atom stereocenters. The van der Waals surface area contributed by atoms with Crippen molar-refractivity contribution >= 4 is 17.6 Å². The molecule has 0 aromatic carbocycles. The van der Waals surface area contributed by atoms with Gasteiger partial charge in [-0.25, -0.2) is 15.0 Å². The molecule has 2 N–H and O–H groups in total. The molecule has 1 aliphatic rings. The minimum absolute atomic E-state index is 0.502. The van der Waals surface area contributed by atoms with E-state index in [1.54, 1.807) is 6.07 Å². The van der Waals surface area contributed by atoms with E-state index in [0.717, 1.165) is 18.7 Å². The predicted octanol–water partition coefficient (Wildman–Crippen LogP) is 1.85. The van der Waals surface area contributed by atoms with E-state index < -0.39 is 0 Å². The summed E-state index contributed by atoms with van der Waals surface area (Å²) in [5, 5.41) is 0.697. The summed E-state index contributed by atoms with van der Waals surface area (Å²) in [6, 6.07) is 1.80. The van der Waals surface area contributed by atoms with Crippen molar-refractivity contribution in [2.45, 2.75) is 30.8 Å². The number of nitrogens with zero attached hydrogens (tertiary/aromatic N) is 4. The fourth-order valence-corrected chi connectivity index (χ4v) is 2.69. The molecule has 2 aromatic rings. The second-order valence-electron chi connectivity index (χ2n) is 4.35. The number of aromatic nitrogens is 4. The Morgan fingerprint density at radius 2 is 2.11 bits per heavy atom. The highest BCUT2D eigenvalue weighted by molar-refractivity contribution is 7.98. The van der Waals surface area contributed by atoms with Crippen LogP contribution in [0.15, 0.2) is 17.6 Å². The van der Waals surface area contributed by atoms with Crippen LogP contribution in [0.3, 0.4) is 0 Å². The first-order chi connectivity index (χ1) is 8.78. The second-order valence-corrected chi connectivity index (χ2v) is 5.13. The number of hydrogen-bond donors (Lipinski definition) is 1. The van der Waals surface area contributed by atoms with Crippen molar-refractivity contribution in [2.75, 3.05) is 12.0 Å². The Morgan fingerprint density at radius 3 is 2.94 bits per heavy atom. The van der Waals surface area contributed by atoms with E-state index in [1.165, 1.54) is 36.0 Å². The van der Waals surface area contributed by atoms with Crippen LogP contribution in [0.25, 0.3) is 5.82 Å². The number of fused-ring (bicyclic) bond motifs is 1. The fraction of sp³-hybridized carbons (Fsp3) is 0.417. The van der Waals surface area contributed by atoms with Gasteiger partial charge in [0, 0.05) is 11.8 Å². The number of imidazole rings is 1. The van der Waals surface area contributed by atoms with Crippen LogP contribution < -0.4 is 5.73 Å². The molecule has 0 radical (unpaired) electrons.